The van der Waals surface area contributed by atoms with E-state index >= 15 is 0 Å². The second-order valence-electron chi connectivity index (χ2n) is 4.45. The minimum Gasteiger partial charge on any atom is -0.392 e. The Morgan fingerprint density at radius 1 is 0.933 bits per heavy atom. The fourth-order valence-corrected chi connectivity index (χ4v) is 1.75. The molecule has 1 aromatic carbocycles. The molecule has 0 spiro atoms. The molecule has 0 aliphatic rings. The summed E-state index contributed by atoms with van der Waals surface area (Å²) in [4.78, 5) is 0. The first kappa shape index (κ1) is 12.2. The van der Waals surface area contributed by atoms with Gasteiger partial charge in [-0.1, -0.05) is 51.1 Å². The van der Waals surface area contributed by atoms with Gasteiger partial charge in [0.05, 0.1) is 12.2 Å². The Hall–Kier alpha value is -0.860. The number of rotatable bonds is 4. The number of benzene rings is 1. The third-order valence-electron chi connectivity index (χ3n) is 2.86. The average molecular weight is 208 g/mol. The highest BCUT2D eigenvalue weighted by Crippen LogP contribution is 2.27. The Morgan fingerprint density at radius 2 is 1.47 bits per heavy atom. The van der Waals surface area contributed by atoms with Crippen LogP contribution in [-0.2, 0) is 0 Å². The molecule has 1 rings (SSSR count). The maximum Gasteiger partial charge on any atom is 0.0840 e. The first-order valence-electron chi connectivity index (χ1n) is 5.45. The lowest BCUT2D eigenvalue weighted by molar-refractivity contribution is -0.00309. The van der Waals surface area contributed by atoms with E-state index in [-0.39, 0.29) is 11.8 Å². The normalized spacial score (nSPS) is 17.5. The second kappa shape index (κ2) is 5.29. The zero-order valence-corrected chi connectivity index (χ0v) is 9.59. The summed E-state index contributed by atoms with van der Waals surface area (Å²) in [5.41, 5.74) is 0.865. The Kier molecular flexibility index (Phi) is 4.30. The molecule has 2 nitrogen and oxygen atoms in total. The molecule has 84 valence electrons. The van der Waals surface area contributed by atoms with Gasteiger partial charge in [0.15, 0.2) is 0 Å². The van der Waals surface area contributed by atoms with E-state index in [0.717, 1.165) is 5.56 Å². The molecule has 15 heavy (non-hydrogen) atoms. The van der Waals surface area contributed by atoms with Gasteiger partial charge in [-0.2, -0.15) is 0 Å². The number of hydrogen-bond donors (Lipinski definition) is 2. The van der Waals surface area contributed by atoms with E-state index < -0.39 is 12.2 Å². The van der Waals surface area contributed by atoms with Crippen molar-refractivity contribution in [2.24, 2.45) is 11.8 Å². The predicted molar refractivity (Wildman–Crippen MR) is 61.4 cm³/mol. The van der Waals surface area contributed by atoms with Crippen molar-refractivity contribution in [3.8, 4) is 0 Å². The molecule has 0 heterocycles. The maximum atomic E-state index is 10.0. The summed E-state index contributed by atoms with van der Waals surface area (Å²) in [7, 11) is 0. The summed E-state index contributed by atoms with van der Waals surface area (Å²) in [5.74, 6) is 0.0192. The van der Waals surface area contributed by atoms with Crippen molar-refractivity contribution in [1.82, 2.24) is 0 Å². The van der Waals surface area contributed by atoms with Gasteiger partial charge < -0.3 is 10.2 Å². The van der Waals surface area contributed by atoms with Gasteiger partial charge in [0.2, 0.25) is 0 Å². The lowest BCUT2D eigenvalue weighted by Gasteiger charge is -2.26. The van der Waals surface area contributed by atoms with Crippen molar-refractivity contribution in [2.75, 3.05) is 0 Å². The molecule has 0 aliphatic carbocycles. The quantitative estimate of drug-likeness (QED) is 0.797. The Morgan fingerprint density at radius 3 is 1.93 bits per heavy atom. The van der Waals surface area contributed by atoms with E-state index in [9.17, 15) is 10.2 Å². The standard InChI is InChI=1S/C13H20O2/c1-9(2)12(14)10(3)13(15)11-7-5-4-6-8-11/h4-10,12-15H,1-3H3/t10-,12-,13+/m1/s1. The van der Waals surface area contributed by atoms with Crippen molar-refractivity contribution in [1.29, 1.82) is 0 Å². The molecule has 0 aliphatic heterocycles. The van der Waals surface area contributed by atoms with E-state index in [2.05, 4.69) is 0 Å². The topological polar surface area (TPSA) is 40.5 Å². The van der Waals surface area contributed by atoms with E-state index in [1.165, 1.54) is 0 Å². The number of hydrogen-bond acceptors (Lipinski definition) is 2. The van der Waals surface area contributed by atoms with E-state index in [4.69, 9.17) is 0 Å². The van der Waals surface area contributed by atoms with Crippen LogP contribution in [0.15, 0.2) is 30.3 Å². The third-order valence-corrected chi connectivity index (χ3v) is 2.86. The van der Waals surface area contributed by atoms with Gasteiger partial charge in [-0.25, -0.2) is 0 Å². The first-order chi connectivity index (χ1) is 7.04. The maximum absolute atomic E-state index is 10.0. The lowest BCUT2D eigenvalue weighted by atomic mass is 9.87. The molecule has 1 aromatic rings. The summed E-state index contributed by atoms with van der Waals surface area (Å²) < 4.78 is 0. The highest BCUT2D eigenvalue weighted by molar-refractivity contribution is 5.18. The van der Waals surface area contributed by atoms with Crippen molar-refractivity contribution in [3.05, 3.63) is 35.9 Å². The highest BCUT2D eigenvalue weighted by atomic mass is 16.3. The fourth-order valence-electron chi connectivity index (χ4n) is 1.75. The van der Waals surface area contributed by atoms with E-state index in [0.29, 0.717) is 0 Å². The third kappa shape index (κ3) is 3.05. The van der Waals surface area contributed by atoms with Crippen LogP contribution in [0, 0.1) is 11.8 Å². The Labute approximate surface area is 91.6 Å². The fraction of sp³-hybridized carbons (Fsp3) is 0.538. The van der Waals surface area contributed by atoms with Gasteiger partial charge >= 0.3 is 0 Å². The predicted octanol–water partition coefficient (Wildman–Crippen LogP) is 2.37. The summed E-state index contributed by atoms with van der Waals surface area (Å²) in [6.45, 7) is 5.79. The van der Waals surface area contributed by atoms with Gasteiger partial charge in [-0.15, -0.1) is 0 Å². The molecular formula is C13H20O2. The monoisotopic (exact) mass is 208 g/mol. The molecule has 0 saturated carbocycles. The molecule has 0 bridgehead atoms. The Bertz CT molecular complexity index is 282. The first-order valence-corrected chi connectivity index (χ1v) is 5.45. The SMILES string of the molecule is CC(C)[C@@H](O)[C@@H](C)[C@H](O)c1ccccc1. The minimum absolute atomic E-state index is 0.146. The van der Waals surface area contributed by atoms with Crippen LogP contribution in [0.4, 0.5) is 0 Å². The molecule has 0 fully saturated rings. The molecule has 0 amide bonds. The van der Waals surface area contributed by atoms with E-state index in [1.807, 2.05) is 51.1 Å². The van der Waals surface area contributed by atoms with Crippen LogP contribution in [0.2, 0.25) is 0 Å². The molecule has 0 unspecified atom stereocenters. The van der Waals surface area contributed by atoms with Gasteiger partial charge in [-0.3, -0.25) is 0 Å². The van der Waals surface area contributed by atoms with Gasteiger partial charge in [-0.05, 0) is 11.5 Å². The Balaban J connectivity index is 2.73. The second-order valence-corrected chi connectivity index (χ2v) is 4.45. The number of aliphatic hydroxyl groups excluding tert-OH is 2. The van der Waals surface area contributed by atoms with Gasteiger partial charge in [0, 0.05) is 5.92 Å². The van der Waals surface area contributed by atoms with E-state index in [1.54, 1.807) is 0 Å². The smallest absolute Gasteiger partial charge is 0.0840 e. The highest BCUT2D eigenvalue weighted by Gasteiger charge is 2.25. The summed E-state index contributed by atoms with van der Waals surface area (Å²) in [6, 6.07) is 9.47. The molecule has 3 atom stereocenters. The van der Waals surface area contributed by atoms with Crippen LogP contribution in [0.3, 0.4) is 0 Å². The van der Waals surface area contributed by atoms with Crippen molar-refractivity contribution < 1.29 is 10.2 Å². The minimum atomic E-state index is -0.594. The molecule has 0 saturated heterocycles. The average Bonchev–Trinajstić information content (AvgIpc) is 2.27. The van der Waals surface area contributed by atoms with Crippen LogP contribution in [0.1, 0.15) is 32.4 Å². The zero-order chi connectivity index (χ0) is 11.4. The van der Waals surface area contributed by atoms with Crippen LogP contribution in [-0.4, -0.2) is 16.3 Å². The van der Waals surface area contributed by atoms with Crippen molar-refractivity contribution in [2.45, 2.75) is 33.0 Å². The van der Waals surface area contributed by atoms with Crippen LogP contribution < -0.4 is 0 Å². The van der Waals surface area contributed by atoms with Crippen LogP contribution >= 0.6 is 0 Å². The summed E-state index contributed by atoms with van der Waals surface area (Å²) in [6.07, 6.45) is -1.07. The van der Waals surface area contributed by atoms with Crippen molar-refractivity contribution >= 4 is 0 Å². The number of aliphatic hydroxyl groups is 2. The van der Waals surface area contributed by atoms with Crippen LogP contribution in [0.5, 0.6) is 0 Å². The lowest BCUT2D eigenvalue weighted by Crippen LogP contribution is -2.28. The van der Waals surface area contributed by atoms with Gasteiger partial charge in [0.25, 0.3) is 0 Å². The largest absolute Gasteiger partial charge is 0.392 e. The summed E-state index contributed by atoms with van der Waals surface area (Å²) >= 11 is 0. The molecule has 0 radical (unpaired) electrons. The van der Waals surface area contributed by atoms with Crippen LogP contribution in [0.25, 0.3) is 0 Å². The molecule has 2 N–H and O–H groups in total. The molecular weight excluding hydrogens is 188 g/mol. The van der Waals surface area contributed by atoms with Gasteiger partial charge in [0.1, 0.15) is 0 Å². The molecule has 0 aromatic heterocycles. The zero-order valence-electron chi connectivity index (χ0n) is 9.59. The molecule has 2 heteroatoms. The van der Waals surface area contributed by atoms with Crippen molar-refractivity contribution in [3.63, 3.8) is 0 Å². The summed E-state index contributed by atoms with van der Waals surface area (Å²) in [5, 5.41) is 19.9.